The van der Waals surface area contributed by atoms with Crippen LogP contribution in [0.15, 0.2) is 54.6 Å². The number of benzene rings is 2. The van der Waals surface area contributed by atoms with E-state index in [1.807, 2.05) is 42.5 Å². The lowest BCUT2D eigenvalue weighted by Crippen LogP contribution is -2.35. The van der Waals surface area contributed by atoms with Gasteiger partial charge in [-0.15, -0.1) is 0 Å². The van der Waals surface area contributed by atoms with Crippen LogP contribution in [0.5, 0.6) is 5.75 Å². The molecule has 0 aliphatic rings. The molecule has 0 aliphatic carbocycles. The van der Waals surface area contributed by atoms with E-state index in [1.54, 1.807) is 0 Å². The third kappa shape index (κ3) is 3.14. The molecule has 0 saturated heterocycles. The smallest absolute Gasteiger partial charge is 0.139 e. The van der Waals surface area contributed by atoms with Crippen LogP contribution in [0.3, 0.4) is 0 Å². The van der Waals surface area contributed by atoms with Gasteiger partial charge in [-0.1, -0.05) is 61.0 Å². The Labute approximate surface area is 125 Å². The van der Waals surface area contributed by atoms with E-state index >= 15 is 0 Å². The maximum absolute atomic E-state index is 6.30. The number of nitrogens with two attached hydrogens (primary N) is 1. The van der Waals surface area contributed by atoms with Gasteiger partial charge in [0.15, 0.2) is 0 Å². The Morgan fingerprint density at radius 1 is 1.05 bits per heavy atom. The fourth-order valence-electron chi connectivity index (χ4n) is 2.42. The summed E-state index contributed by atoms with van der Waals surface area (Å²) < 4.78 is 6.30. The van der Waals surface area contributed by atoms with Crippen molar-refractivity contribution in [1.82, 2.24) is 0 Å². The standard InChI is InChI=1S/C17H20ClNO/c1-2-17(12-13-19,14-8-4-3-5-9-14)20-16-11-7-6-10-15(16)18/h3-11H,2,12-13,19H2,1H3. The monoisotopic (exact) mass is 289 g/mol. The third-order valence-corrected chi connectivity index (χ3v) is 3.87. The molecular weight excluding hydrogens is 270 g/mol. The fourth-order valence-corrected chi connectivity index (χ4v) is 2.59. The molecule has 1 unspecified atom stereocenters. The minimum absolute atomic E-state index is 0.430. The zero-order valence-corrected chi connectivity index (χ0v) is 12.4. The molecule has 0 fully saturated rings. The highest BCUT2D eigenvalue weighted by Crippen LogP contribution is 2.37. The average molecular weight is 290 g/mol. The van der Waals surface area contributed by atoms with Gasteiger partial charge < -0.3 is 10.5 Å². The molecule has 0 bridgehead atoms. The molecule has 2 aromatic rings. The lowest BCUT2D eigenvalue weighted by Gasteiger charge is -2.34. The van der Waals surface area contributed by atoms with Crippen LogP contribution in [0, 0.1) is 0 Å². The molecule has 2 N–H and O–H groups in total. The highest BCUT2D eigenvalue weighted by molar-refractivity contribution is 6.32. The van der Waals surface area contributed by atoms with E-state index in [1.165, 1.54) is 0 Å². The minimum Gasteiger partial charge on any atom is -0.481 e. The second-order valence-electron chi connectivity index (χ2n) is 4.79. The molecule has 20 heavy (non-hydrogen) atoms. The summed E-state index contributed by atoms with van der Waals surface area (Å²) >= 11 is 6.22. The molecule has 1 atom stereocenters. The van der Waals surface area contributed by atoms with E-state index in [0.29, 0.717) is 17.3 Å². The SMILES string of the molecule is CCC(CCN)(Oc1ccccc1Cl)c1ccccc1. The van der Waals surface area contributed by atoms with E-state index in [4.69, 9.17) is 22.1 Å². The van der Waals surface area contributed by atoms with Gasteiger partial charge in [-0.25, -0.2) is 0 Å². The van der Waals surface area contributed by atoms with Crippen LogP contribution >= 0.6 is 11.6 Å². The summed E-state index contributed by atoms with van der Waals surface area (Å²) in [6, 6.07) is 17.8. The Bertz CT molecular complexity index is 544. The molecule has 0 spiro atoms. The maximum atomic E-state index is 6.30. The van der Waals surface area contributed by atoms with E-state index in [9.17, 15) is 0 Å². The first kappa shape index (κ1) is 14.9. The van der Waals surface area contributed by atoms with E-state index in [2.05, 4.69) is 19.1 Å². The molecule has 2 rings (SSSR count). The second-order valence-corrected chi connectivity index (χ2v) is 5.19. The van der Waals surface area contributed by atoms with Gasteiger partial charge in [0.05, 0.1) is 5.02 Å². The van der Waals surface area contributed by atoms with Crippen molar-refractivity contribution in [3.8, 4) is 5.75 Å². The number of hydrogen-bond donors (Lipinski definition) is 1. The summed E-state index contributed by atoms with van der Waals surface area (Å²) in [5.41, 5.74) is 6.51. The Hall–Kier alpha value is -1.51. The predicted octanol–water partition coefficient (Wildman–Crippen LogP) is 4.37. The quantitative estimate of drug-likeness (QED) is 0.857. The molecule has 2 nitrogen and oxygen atoms in total. The lowest BCUT2D eigenvalue weighted by molar-refractivity contribution is 0.0547. The van der Waals surface area contributed by atoms with Crippen molar-refractivity contribution >= 4 is 11.6 Å². The van der Waals surface area contributed by atoms with Gasteiger partial charge in [0.2, 0.25) is 0 Å². The van der Waals surface area contributed by atoms with E-state index in [0.717, 1.165) is 18.4 Å². The largest absolute Gasteiger partial charge is 0.481 e. The van der Waals surface area contributed by atoms with Gasteiger partial charge in [-0.3, -0.25) is 0 Å². The molecule has 0 saturated carbocycles. The zero-order valence-electron chi connectivity index (χ0n) is 11.7. The van der Waals surface area contributed by atoms with Crippen molar-refractivity contribution in [3.63, 3.8) is 0 Å². The summed E-state index contributed by atoms with van der Waals surface area (Å²) in [5.74, 6) is 0.702. The summed E-state index contributed by atoms with van der Waals surface area (Å²) in [7, 11) is 0. The van der Waals surface area contributed by atoms with E-state index in [-0.39, 0.29) is 0 Å². The van der Waals surface area contributed by atoms with Crippen molar-refractivity contribution in [2.45, 2.75) is 25.4 Å². The Balaban J connectivity index is 2.40. The van der Waals surface area contributed by atoms with Gasteiger partial charge >= 0.3 is 0 Å². The predicted molar refractivity (Wildman–Crippen MR) is 84.2 cm³/mol. The summed E-state index contributed by atoms with van der Waals surface area (Å²) in [4.78, 5) is 0. The zero-order chi connectivity index (χ0) is 14.4. The van der Waals surface area contributed by atoms with Crippen molar-refractivity contribution in [3.05, 3.63) is 65.2 Å². The van der Waals surface area contributed by atoms with Gasteiger partial charge in [0.25, 0.3) is 0 Å². The van der Waals surface area contributed by atoms with Crippen LogP contribution in [0.25, 0.3) is 0 Å². The number of hydrogen-bond acceptors (Lipinski definition) is 2. The van der Waals surface area contributed by atoms with Crippen molar-refractivity contribution in [1.29, 1.82) is 0 Å². The van der Waals surface area contributed by atoms with Crippen molar-refractivity contribution < 1.29 is 4.74 Å². The number of para-hydroxylation sites is 1. The molecule has 0 aliphatic heterocycles. The molecule has 0 aromatic heterocycles. The first-order valence-electron chi connectivity index (χ1n) is 6.91. The van der Waals surface area contributed by atoms with Crippen LogP contribution in [-0.4, -0.2) is 6.54 Å². The summed E-state index contributed by atoms with van der Waals surface area (Å²) in [6.45, 7) is 2.67. The third-order valence-electron chi connectivity index (χ3n) is 3.56. The van der Waals surface area contributed by atoms with Gasteiger partial charge in [-0.2, -0.15) is 0 Å². The first-order valence-corrected chi connectivity index (χ1v) is 7.29. The molecule has 0 radical (unpaired) electrons. The van der Waals surface area contributed by atoms with Crippen LogP contribution in [0.2, 0.25) is 5.02 Å². The van der Waals surface area contributed by atoms with Crippen LogP contribution in [-0.2, 0) is 5.60 Å². The molecule has 0 heterocycles. The van der Waals surface area contributed by atoms with Crippen LogP contribution < -0.4 is 10.5 Å². The lowest BCUT2D eigenvalue weighted by atomic mass is 9.87. The summed E-state index contributed by atoms with van der Waals surface area (Å²) in [6.07, 6.45) is 1.58. The highest BCUT2D eigenvalue weighted by atomic mass is 35.5. The Morgan fingerprint density at radius 2 is 1.70 bits per heavy atom. The first-order chi connectivity index (χ1) is 9.72. The van der Waals surface area contributed by atoms with Crippen LogP contribution in [0.4, 0.5) is 0 Å². The van der Waals surface area contributed by atoms with Crippen molar-refractivity contribution in [2.75, 3.05) is 6.54 Å². The number of rotatable bonds is 6. The average Bonchev–Trinajstić information content (AvgIpc) is 2.50. The highest BCUT2D eigenvalue weighted by Gasteiger charge is 2.32. The Kier molecular flexibility index (Phi) is 5.05. The number of ether oxygens (including phenoxy) is 1. The normalized spacial score (nSPS) is 13.8. The van der Waals surface area contributed by atoms with Gasteiger partial charge in [0.1, 0.15) is 11.4 Å². The maximum Gasteiger partial charge on any atom is 0.139 e. The molecule has 2 aromatic carbocycles. The Morgan fingerprint density at radius 3 is 2.30 bits per heavy atom. The van der Waals surface area contributed by atoms with Crippen molar-refractivity contribution in [2.24, 2.45) is 5.73 Å². The molecule has 3 heteroatoms. The summed E-state index contributed by atoms with van der Waals surface area (Å²) in [5, 5.41) is 0.623. The molecule has 106 valence electrons. The van der Waals surface area contributed by atoms with Gasteiger partial charge in [-0.05, 0) is 30.7 Å². The second kappa shape index (κ2) is 6.78. The topological polar surface area (TPSA) is 35.2 Å². The number of halogens is 1. The fraction of sp³-hybridized carbons (Fsp3) is 0.294. The van der Waals surface area contributed by atoms with Gasteiger partial charge in [0, 0.05) is 6.42 Å². The van der Waals surface area contributed by atoms with E-state index < -0.39 is 5.60 Å². The molecule has 0 amide bonds. The van der Waals surface area contributed by atoms with Crippen LogP contribution in [0.1, 0.15) is 25.3 Å². The minimum atomic E-state index is -0.430. The molecular formula is C17H20ClNO.